The molecule has 0 aromatic heterocycles. The van der Waals surface area contributed by atoms with Crippen LogP contribution in [0.4, 0.5) is 0 Å². The average molecular weight is 339 g/mol. The molecule has 0 unspecified atom stereocenters. The van der Waals surface area contributed by atoms with Crippen LogP contribution in [0.5, 0.6) is 5.75 Å². The maximum atomic E-state index is 12.6. The normalized spacial score (nSPS) is 14.9. The Balaban J connectivity index is 1.67. The van der Waals surface area contributed by atoms with Crippen molar-refractivity contribution in [1.82, 2.24) is 4.90 Å². The zero-order valence-electron chi connectivity index (χ0n) is 14.0. The summed E-state index contributed by atoms with van der Waals surface area (Å²) in [6.07, 6.45) is 3.70. The van der Waals surface area contributed by atoms with Gasteiger partial charge in [0, 0.05) is 24.2 Å². The summed E-state index contributed by atoms with van der Waals surface area (Å²) in [5.41, 5.74) is 0.647. The van der Waals surface area contributed by atoms with Gasteiger partial charge in [-0.3, -0.25) is 9.69 Å². The smallest absolute Gasteiger partial charge is 0.336 e. The SMILES string of the molecule is O=C(O)c1ccccc1C(=O)c1ccc(OCN2CCCCC2)cc1. The highest BCUT2D eigenvalue weighted by Gasteiger charge is 2.17. The number of nitrogens with zero attached hydrogens (tertiary/aromatic N) is 1. The van der Waals surface area contributed by atoms with Crippen molar-refractivity contribution in [3.05, 3.63) is 65.2 Å². The summed E-state index contributed by atoms with van der Waals surface area (Å²) < 4.78 is 5.77. The number of ether oxygens (including phenoxy) is 1. The van der Waals surface area contributed by atoms with Crippen molar-refractivity contribution in [1.29, 1.82) is 0 Å². The summed E-state index contributed by atoms with van der Waals surface area (Å²) in [5.74, 6) is -0.709. The van der Waals surface area contributed by atoms with E-state index in [1.165, 1.54) is 31.4 Å². The third-order valence-corrected chi connectivity index (χ3v) is 4.38. The third-order valence-electron chi connectivity index (χ3n) is 4.38. The Hall–Kier alpha value is -2.66. The second-order valence-corrected chi connectivity index (χ2v) is 6.16. The van der Waals surface area contributed by atoms with Crippen LogP contribution in [0.25, 0.3) is 0 Å². The minimum absolute atomic E-state index is 0.0120. The zero-order chi connectivity index (χ0) is 17.6. The van der Waals surface area contributed by atoms with Crippen LogP contribution >= 0.6 is 0 Å². The van der Waals surface area contributed by atoms with Gasteiger partial charge in [-0.2, -0.15) is 0 Å². The van der Waals surface area contributed by atoms with Gasteiger partial charge < -0.3 is 9.84 Å². The van der Waals surface area contributed by atoms with Crippen LogP contribution in [-0.2, 0) is 0 Å². The molecule has 130 valence electrons. The fourth-order valence-corrected chi connectivity index (χ4v) is 2.98. The van der Waals surface area contributed by atoms with E-state index < -0.39 is 5.97 Å². The van der Waals surface area contributed by atoms with Crippen molar-refractivity contribution >= 4 is 11.8 Å². The van der Waals surface area contributed by atoms with E-state index >= 15 is 0 Å². The van der Waals surface area contributed by atoms with Crippen molar-refractivity contribution in [3.63, 3.8) is 0 Å². The minimum atomic E-state index is -1.11. The lowest BCUT2D eigenvalue weighted by Crippen LogP contribution is -2.33. The second-order valence-electron chi connectivity index (χ2n) is 6.16. The molecule has 1 N–H and O–H groups in total. The molecule has 0 spiro atoms. The lowest BCUT2D eigenvalue weighted by atomic mass is 9.98. The number of ketones is 1. The van der Waals surface area contributed by atoms with E-state index in [9.17, 15) is 14.7 Å². The van der Waals surface area contributed by atoms with Crippen LogP contribution in [0.2, 0.25) is 0 Å². The Morgan fingerprint density at radius 3 is 2.20 bits per heavy atom. The Morgan fingerprint density at radius 2 is 1.56 bits per heavy atom. The number of aromatic carboxylic acids is 1. The number of hydrogen-bond donors (Lipinski definition) is 1. The number of carbonyl (C=O) groups excluding carboxylic acids is 1. The number of piperidine rings is 1. The summed E-state index contributed by atoms with van der Waals surface area (Å²) in [6.45, 7) is 2.67. The van der Waals surface area contributed by atoms with Gasteiger partial charge in [0.05, 0.1) is 5.56 Å². The summed E-state index contributed by atoms with van der Waals surface area (Å²) in [5, 5.41) is 9.22. The van der Waals surface area contributed by atoms with Gasteiger partial charge >= 0.3 is 5.97 Å². The number of carbonyl (C=O) groups is 2. The number of carboxylic acids is 1. The number of likely N-dealkylation sites (tertiary alicyclic amines) is 1. The van der Waals surface area contributed by atoms with E-state index in [-0.39, 0.29) is 16.9 Å². The highest BCUT2D eigenvalue weighted by molar-refractivity contribution is 6.14. The van der Waals surface area contributed by atoms with Crippen LogP contribution in [0.1, 0.15) is 45.5 Å². The highest BCUT2D eigenvalue weighted by atomic mass is 16.5. The molecule has 3 rings (SSSR count). The molecule has 2 aromatic rings. The zero-order valence-corrected chi connectivity index (χ0v) is 14.0. The van der Waals surface area contributed by atoms with E-state index in [1.807, 2.05) is 0 Å². The standard InChI is InChI=1S/C20H21NO4/c22-19(17-6-2-3-7-18(17)20(23)24)15-8-10-16(11-9-15)25-14-21-12-4-1-5-13-21/h2-3,6-11H,1,4-5,12-14H2,(H,23,24). The van der Waals surface area contributed by atoms with Gasteiger partial charge in [-0.1, -0.05) is 24.6 Å². The fraction of sp³-hybridized carbons (Fsp3) is 0.300. The molecule has 0 atom stereocenters. The maximum absolute atomic E-state index is 12.6. The van der Waals surface area contributed by atoms with Gasteiger partial charge in [0.25, 0.3) is 0 Å². The van der Waals surface area contributed by atoms with Crippen molar-refractivity contribution in [2.75, 3.05) is 19.8 Å². The minimum Gasteiger partial charge on any atom is -0.478 e. The van der Waals surface area contributed by atoms with Crippen LogP contribution < -0.4 is 4.74 Å². The van der Waals surface area contributed by atoms with Crippen molar-refractivity contribution in [2.45, 2.75) is 19.3 Å². The van der Waals surface area contributed by atoms with E-state index in [0.29, 0.717) is 18.0 Å². The number of hydrogen-bond acceptors (Lipinski definition) is 4. The van der Waals surface area contributed by atoms with Gasteiger partial charge in [-0.15, -0.1) is 0 Å². The molecule has 2 aromatic carbocycles. The Kier molecular flexibility index (Phi) is 5.46. The molecule has 0 bridgehead atoms. The molecule has 1 heterocycles. The molecule has 0 radical (unpaired) electrons. The molecule has 0 amide bonds. The number of rotatable bonds is 6. The van der Waals surface area contributed by atoms with Gasteiger partial charge in [-0.25, -0.2) is 4.79 Å². The summed E-state index contributed by atoms with van der Waals surface area (Å²) in [7, 11) is 0. The molecule has 1 fully saturated rings. The first-order chi connectivity index (χ1) is 12.1. The van der Waals surface area contributed by atoms with Crippen molar-refractivity contribution < 1.29 is 19.4 Å². The predicted octanol–water partition coefficient (Wildman–Crippen LogP) is 3.44. The summed E-state index contributed by atoms with van der Waals surface area (Å²) in [6, 6.07) is 13.1. The maximum Gasteiger partial charge on any atom is 0.336 e. The van der Waals surface area contributed by atoms with Crippen molar-refractivity contribution in [2.24, 2.45) is 0 Å². The molecule has 25 heavy (non-hydrogen) atoms. The molecule has 1 aliphatic heterocycles. The van der Waals surface area contributed by atoms with E-state index in [4.69, 9.17) is 4.74 Å². The van der Waals surface area contributed by atoms with Crippen LogP contribution in [0.15, 0.2) is 48.5 Å². The molecule has 0 aliphatic carbocycles. The fourth-order valence-electron chi connectivity index (χ4n) is 2.98. The van der Waals surface area contributed by atoms with Gasteiger partial charge in [-0.05, 0) is 43.2 Å². The lowest BCUT2D eigenvalue weighted by molar-refractivity contribution is 0.0692. The van der Waals surface area contributed by atoms with E-state index in [2.05, 4.69) is 4.90 Å². The molecular formula is C20H21NO4. The third kappa shape index (κ3) is 4.25. The van der Waals surface area contributed by atoms with E-state index in [0.717, 1.165) is 13.1 Å². The predicted molar refractivity (Wildman–Crippen MR) is 94.2 cm³/mol. The van der Waals surface area contributed by atoms with Gasteiger partial charge in [0.15, 0.2) is 5.78 Å². The first kappa shape index (κ1) is 17.2. The van der Waals surface area contributed by atoms with Gasteiger partial charge in [0.2, 0.25) is 0 Å². The van der Waals surface area contributed by atoms with Crippen LogP contribution in [-0.4, -0.2) is 41.6 Å². The molecule has 5 heteroatoms. The lowest BCUT2D eigenvalue weighted by Gasteiger charge is -2.26. The molecule has 1 aliphatic rings. The number of benzene rings is 2. The van der Waals surface area contributed by atoms with E-state index in [1.54, 1.807) is 36.4 Å². The monoisotopic (exact) mass is 339 g/mol. The van der Waals surface area contributed by atoms with Crippen molar-refractivity contribution in [3.8, 4) is 5.75 Å². The highest BCUT2D eigenvalue weighted by Crippen LogP contribution is 2.19. The quantitative estimate of drug-likeness (QED) is 0.817. The average Bonchev–Trinajstić information content (AvgIpc) is 2.67. The Labute approximate surface area is 146 Å². The van der Waals surface area contributed by atoms with Gasteiger partial charge in [0.1, 0.15) is 12.5 Å². The largest absolute Gasteiger partial charge is 0.478 e. The topological polar surface area (TPSA) is 66.8 Å². The number of carboxylic acid groups (broad SMARTS) is 1. The summed E-state index contributed by atoms with van der Waals surface area (Å²) >= 11 is 0. The molecule has 0 saturated carbocycles. The summed E-state index contributed by atoms with van der Waals surface area (Å²) in [4.78, 5) is 26.1. The second kappa shape index (κ2) is 7.94. The molecule has 1 saturated heterocycles. The molecular weight excluding hydrogens is 318 g/mol. The first-order valence-electron chi connectivity index (χ1n) is 8.47. The van der Waals surface area contributed by atoms with Crippen LogP contribution in [0.3, 0.4) is 0 Å². The van der Waals surface area contributed by atoms with Crippen LogP contribution in [0, 0.1) is 0 Å². The molecule has 5 nitrogen and oxygen atoms in total. The Bertz CT molecular complexity index is 749. The first-order valence-corrected chi connectivity index (χ1v) is 8.47. The Morgan fingerprint density at radius 1 is 0.920 bits per heavy atom.